The molecule has 2 heterocycles. The zero-order valence-corrected chi connectivity index (χ0v) is 19.1. The zero-order chi connectivity index (χ0) is 20.5. The molecule has 1 aromatic rings. The summed E-state index contributed by atoms with van der Waals surface area (Å²) in [6.45, 7) is 0. The fourth-order valence-corrected chi connectivity index (χ4v) is 6.68. The van der Waals surface area contributed by atoms with Crippen LogP contribution in [-0.4, -0.2) is 52.7 Å². The Kier molecular flexibility index (Phi) is 9.70. The number of hydroxylamine groups is 2. The summed E-state index contributed by atoms with van der Waals surface area (Å²) >= 11 is 4.06. The Hall–Kier alpha value is -0.690. The highest BCUT2D eigenvalue weighted by atomic mass is 32.2. The van der Waals surface area contributed by atoms with Gasteiger partial charge in [-0.15, -0.1) is 0 Å². The lowest BCUT2D eigenvalue weighted by molar-refractivity contribution is -0.159. The van der Waals surface area contributed by atoms with Crippen molar-refractivity contribution in [3.63, 3.8) is 0 Å². The standard InChI is InChI=1S/C23H35NO3S2/c1-24(26)23(25)9-5-6-14-28-15-12-19-20(22-11-10-21(19)27-22)13-16-29-17-18-7-3-2-4-8-18/h2-4,7-8,19-22,26H,5-6,9-17H2,1H3/t19-,20+,21-,22+/m1/s1. The summed E-state index contributed by atoms with van der Waals surface area (Å²) in [5, 5.41) is 9.76. The molecule has 162 valence electrons. The van der Waals surface area contributed by atoms with Gasteiger partial charge >= 0.3 is 0 Å². The molecule has 3 rings (SSSR count). The van der Waals surface area contributed by atoms with Crippen LogP contribution in [0.2, 0.25) is 0 Å². The topological polar surface area (TPSA) is 49.8 Å². The molecule has 1 aromatic carbocycles. The summed E-state index contributed by atoms with van der Waals surface area (Å²) in [5.41, 5.74) is 1.42. The summed E-state index contributed by atoms with van der Waals surface area (Å²) in [4.78, 5) is 11.4. The third-order valence-electron chi connectivity index (χ3n) is 6.18. The van der Waals surface area contributed by atoms with Gasteiger partial charge in [0.15, 0.2) is 0 Å². The summed E-state index contributed by atoms with van der Waals surface area (Å²) in [6, 6.07) is 10.8. The van der Waals surface area contributed by atoms with Gasteiger partial charge in [-0.2, -0.15) is 23.5 Å². The Balaban J connectivity index is 1.29. The average molecular weight is 438 g/mol. The molecule has 0 unspecified atom stereocenters. The van der Waals surface area contributed by atoms with E-state index in [1.165, 1.54) is 49.8 Å². The number of unbranched alkanes of at least 4 members (excludes halogenated alkanes) is 1. The minimum atomic E-state index is -0.192. The summed E-state index contributed by atoms with van der Waals surface area (Å²) in [5.74, 6) is 5.92. The quantitative estimate of drug-likeness (QED) is 0.260. The first kappa shape index (κ1) is 23.0. The van der Waals surface area contributed by atoms with Crippen LogP contribution in [0.15, 0.2) is 30.3 Å². The lowest BCUT2D eigenvalue weighted by atomic mass is 9.76. The number of thioether (sulfide) groups is 2. The van der Waals surface area contributed by atoms with Crippen LogP contribution in [0.25, 0.3) is 0 Å². The lowest BCUT2D eigenvalue weighted by Gasteiger charge is -2.28. The Morgan fingerprint density at radius 2 is 1.69 bits per heavy atom. The third kappa shape index (κ3) is 7.20. The molecular weight excluding hydrogens is 402 g/mol. The fourth-order valence-electron chi connectivity index (χ4n) is 4.62. The van der Waals surface area contributed by atoms with Crippen molar-refractivity contribution in [1.82, 2.24) is 5.06 Å². The fraction of sp³-hybridized carbons (Fsp3) is 0.696. The van der Waals surface area contributed by atoms with E-state index in [1.807, 2.05) is 11.8 Å². The maximum atomic E-state index is 11.4. The number of fused-ring (bicyclic) bond motifs is 2. The van der Waals surface area contributed by atoms with Gasteiger partial charge in [0.25, 0.3) is 0 Å². The first-order valence-electron chi connectivity index (χ1n) is 11.0. The molecule has 0 spiro atoms. The van der Waals surface area contributed by atoms with Gasteiger partial charge in [0.1, 0.15) is 0 Å². The number of rotatable bonds is 13. The van der Waals surface area contributed by atoms with Gasteiger partial charge < -0.3 is 4.74 Å². The number of amides is 1. The number of nitrogens with zero attached hydrogens (tertiary/aromatic N) is 1. The number of benzene rings is 1. The van der Waals surface area contributed by atoms with E-state index in [4.69, 9.17) is 9.94 Å². The predicted octanol–water partition coefficient (Wildman–Crippen LogP) is 5.24. The number of hydrogen-bond acceptors (Lipinski definition) is 5. The highest BCUT2D eigenvalue weighted by Crippen LogP contribution is 2.47. The van der Waals surface area contributed by atoms with Crippen molar-refractivity contribution in [3.05, 3.63) is 35.9 Å². The highest BCUT2D eigenvalue weighted by molar-refractivity contribution is 7.99. The van der Waals surface area contributed by atoms with Crippen molar-refractivity contribution in [2.45, 2.75) is 62.9 Å². The van der Waals surface area contributed by atoms with E-state index in [0.29, 0.717) is 23.7 Å². The second-order valence-corrected chi connectivity index (χ2v) is 10.6. The van der Waals surface area contributed by atoms with Gasteiger partial charge in [-0.25, -0.2) is 5.06 Å². The Morgan fingerprint density at radius 1 is 1.03 bits per heavy atom. The lowest BCUT2D eigenvalue weighted by Crippen LogP contribution is -2.28. The molecule has 4 nitrogen and oxygen atoms in total. The molecule has 0 aromatic heterocycles. The first-order valence-corrected chi connectivity index (χ1v) is 13.3. The number of ether oxygens (including phenoxy) is 1. The number of carbonyl (C=O) groups excluding carboxylic acids is 1. The average Bonchev–Trinajstić information content (AvgIpc) is 3.33. The van der Waals surface area contributed by atoms with Crippen molar-refractivity contribution in [2.75, 3.05) is 24.3 Å². The van der Waals surface area contributed by atoms with E-state index in [9.17, 15) is 4.79 Å². The van der Waals surface area contributed by atoms with Crippen LogP contribution in [0.4, 0.5) is 0 Å². The van der Waals surface area contributed by atoms with Crippen LogP contribution in [0.5, 0.6) is 0 Å². The molecule has 1 N–H and O–H groups in total. The van der Waals surface area contributed by atoms with Gasteiger partial charge in [0.05, 0.1) is 12.2 Å². The SMILES string of the molecule is CN(O)C(=O)CCCCSCC[C@@H]1[C@H](CCSCc2ccccc2)[C@@H]2CC[C@H]1O2. The second kappa shape index (κ2) is 12.2. The molecule has 0 aliphatic carbocycles. The summed E-state index contributed by atoms with van der Waals surface area (Å²) < 4.78 is 6.27. The van der Waals surface area contributed by atoms with Crippen LogP contribution >= 0.6 is 23.5 Å². The van der Waals surface area contributed by atoms with Crippen LogP contribution in [0, 0.1) is 11.8 Å². The molecule has 2 aliphatic rings. The Morgan fingerprint density at radius 3 is 2.34 bits per heavy atom. The zero-order valence-electron chi connectivity index (χ0n) is 17.5. The van der Waals surface area contributed by atoms with E-state index >= 15 is 0 Å². The minimum Gasteiger partial charge on any atom is -0.374 e. The molecule has 6 heteroatoms. The third-order valence-corrected chi connectivity index (χ3v) is 8.35. The first-order chi connectivity index (χ1) is 14.1. The van der Waals surface area contributed by atoms with Gasteiger partial charge in [-0.3, -0.25) is 10.0 Å². The minimum absolute atomic E-state index is 0.192. The highest BCUT2D eigenvalue weighted by Gasteiger charge is 2.47. The van der Waals surface area contributed by atoms with Crippen molar-refractivity contribution in [2.24, 2.45) is 11.8 Å². The maximum absolute atomic E-state index is 11.4. The smallest absolute Gasteiger partial charge is 0.245 e. The van der Waals surface area contributed by atoms with Gasteiger partial charge in [-0.05, 0) is 73.2 Å². The molecular formula is C23H35NO3S2. The van der Waals surface area contributed by atoms with Crippen LogP contribution < -0.4 is 0 Å². The molecule has 0 radical (unpaired) electrons. The molecule has 2 fully saturated rings. The van der Waals surface area contributed by atoms with E-state index < -0.39 is 0 Å². The van der Waals surface area contributed by atoms with Crippen LogP contribution in [0.3, 0.4) is 0 Å². The van der Waals surface area contributed by atoms with E-state index in [1.54, 1.807) is 0 Å². The van der Waals surface area contributed by atoms with Crippen molar-refractivity contribution in [3.8, 4) is 0 Å². The van der Waals surface area contributed by atoms with Gasteiger partial charge in [0.2, 0.25) is 5.91 Å². The van der Waals surface area contributed by atoms with Crippen LogP contribution in [-0.2, 0) is 15.3 Å². The monoisotopic (exact) mass is 437 g/mol. The molecule has 29 heavy (non-hydrogen) atoms. The van der Waals surface area contributed by atoms with E-state index in [0.717, 1.165) is 36.2 Å². The van der Waals surface area contributed by atoms with Crippen molar-refractivity contribution >= 4 is 29.4 Å². The number of carbonyl (C=O) groups is 1. The normalized spacial score (nSPS) is 25.4. The Bertz CT molecular complexity index is 613. The summed E-state index contributed by atoms with van der Waals surface area (Å²) in [6.07, 6.45) is 8.41. The van der Waals surface area contributed by atoms with Crippen LogP contribution in [0.1, 0.15) is 50.5 Å². The molecule has 2 bridgehead atoms. The molecule has 2 saturated heterocycles. The van der Waals surface area contributed by atoms with Gasteiger partial charge in [0, 0.05) is 19.2 Å². The Labute approximate surface area is 184 Å². The largest absolute Gasteiger partial charge is 0.374 e. The molecule has 2 aliphatic heterocycles. The predicted molar refractivity (Wildman–Crippen MR) is 122 cm³/mol. The second-order valence-electron chi connectivity index (χ2n) is 8.22. The summed E-state index contributed by atoms with van der Waals surface area (Å²) in [7, 11) is 1.39. The molecule has 1 amide bonds. The van der Waals surface area contributed by atoms with Gasteiger partial charge in [-0.1, -0.05) is 30.3 Å². The molecule has 4 atom stereocenters. The maximum Gasteiger partial charge on any atom is 0.245 e. The van der Waals surface area contributed by atoms with E-state index in [-0.39, 0.29) is 5.91 Å². The van der Waals surface area contributed by atoms with Crippen molar-refractivity contribution in [1.29, 1.82) is 0 Å². The van der Waals surface area contributed by atoms with Crippen molar-refractivity contribution < 1.29 is 14.7 Å². The number of hydrogen-bond donors (Lipinski definition) is 1. The van der Waals surface area contributed by atoms with E-state index in [2.05, 4.69) is 42.1 Å². The molecule has 0 saturated carbocycles.